The Hall–Kier alpha value is -4.71. The number of anilines is 2. The number of nitriles is 2. The van der Waals surface area contributed by atoms with Crippen molar-refractivity contribution >= 4 is 22.3 Å². The molecule has 220 valence electrons. The quantitative estimate of drug-likeness (QED) is 0.224. The predicted molar refractivity (Wildman–Crippen MR) is 151 cm³/mol. The zero-order valence-electron chi connectivity index (χ0n) is 24.4. The summed E-state index contributed by atoms with van der Waals surface area (Å²) in [6, 6.07) is 10.4. The highest BCUT2D eigenvalue weighted by atomic mass is 19.4. The molecule has 2 saturated carbocycles. The van der Waals surface area contributed by atoms with Crippen LogP contribution >= 0.6 is 0 Å². The molecule has 2 N–H and O–H groups in total. The Morgan fingerprint density at radius 2 is 1.81 bits per heavy atom. The zero-order valence-corrected chi connectivity index (χ0v) is 23.4. The molecule has 2 aliphatic carbocycles. The molecule has 2 aromatic heterocycles. The van der Waals surface area contributed by atoms with E-state index in [4.69, 9.17) is 0 Å². The van der Waals surface area contributed by atoms with E-state index >= 15 is 0 Å². The number of halogens is 4. The number of pyridine rings is 1. The first-order valence-corrected chi connectivity index (χ1v) is 13.9. The van der Waals surface area contributed by atoms with Crippen LogP contribution in [0.1, 0.15) is 75.7 Å². The van der Waals surface area contributed by atoms with Crippen molar-refractivity contribution in [3.8, 4) is 12.1 Å². The smallest absolute Gasteiger partial charge is 0.380 e. The normalized spacial score (nSPS) is 20.5. The Morgan fingerprint density at radius 1 is 1.09 bits per heavy atom. The van der Waals surface area contributed by atoms with Gasteiger partial charge in [0.1, 0.15) is 23.6 Å². The Kier molecular flexibility index (Phi) is 6.46. The number of nitrogens with zero attached hydrogens (tertiary/aromatic N) is 6. The first kappa shape index (κ1) is 27.1. The van der Waals surface area contributed by atoms with E-state index in [1.165, 1.54) is 24.4 Å². The summed E-state index contributed by atoms with van der Waals surface area (Å²) in [5.74, 6) is -0.563. The van der Waals surface area contributed by atoms with Crippen molar-refractivity contribution in [2.45, 2.75) is 69.7 Å². The average Bonchev–Trinajstić information content (AvgIpc) is 3.54. The first-order valence-electron chi connectivity index (χ1n) is 14.4. The van der Waals surface area contributed by atoms with Crippen molar-refractivity contribution in [1.82, 2.24) is 20.0 Å². The summed E-state index contributed by atoms with van der Waals surface area (Å²) in [6.45, 7) is 4.30. The molecule has 0 aliphatic heterocycles. The molecule has 2 atom stereocenters. The molecule has 6 rings (SSSR count). The fraction of sp³-hybridized carbons (Fsp3) is 0.387. The van der Waals surface area contributed by atoms with E-state index in [2.05, 4.69) is 51.9 Å². The van der Waals surface area contributed by atoms with Crippen LogP contribution in [0.25, 0.3) is 10.9 Å². The Bertz CT molecular complexity index is 1830. The summed E-state index contributed by atoms with van der Waals surface area (Å²) in [5.41, 5.74) is -0.691. The minimum absolute atomic E-state index is 0.0453. The molecule has 12 heteroatoms. The van der Waals surface area contributed by atoms with Crippen LogP contribution in [0.2, 0.25) is 0 Å². The van der Waals surface area contributed by atoms with Crippen molar-refractivity contribution in [2.24, 2.45) is 5.41 Å². The lowest BCUT2D eigenvalue weighted by Gasteiger charge is -2.29. The van der Waals surface area contributed by atoms with E-state index in [9.17, 15) is 29.5 Å². The third-order valence-electron chi connectivity index (χ3n) is 8.63. The van der Waals surface area contributed by atoms with Crippen molar-refractivity contribution in [3.63, 3.8) is 0 Å². The Balaban J connectivity index is 1.49. The molecule has 0 radical (unpaired) electrons. The Morgan fingerprint density at radius 3 is 2.42 bits per heavy atom. The van der Waals surface area contributed by atoms with Gasteiger partial charge in [-0.2, -0.15) is 23.7 Å². The number of alkyl halides is 3. The van der Waals surface area contributed by atoms with Gasteiger partial charge in [0.05, 0.1) is 35.9 Å². The molecule has 2 aromatic carbocycles. The zero-order chi connectivity index (χ0) is 31.5. The predicted octanol–water partition coefficient (Wildman–Crippen LogP) is 6.95. The molecule has 0 spiro atoms. The van der Waals surface area contributed by atoms with Gasteiger partial charge >= 0.3 is 6.18 Å². The van der Waals surface area contributed by atoms with E-state index in [1.807, 2.05) is 0 Å². The highest BCUT2D eigenvalue weighted by Crippen LogP contribution is 2.55. The lowest BCUT2D eigenvalue weighted by Crippen LogP contribution is -2.35. The van der Waals surface area contributed by atoms with Crippen LogP contribution in [0.15, 0.2) is 48.8 Å². The molecule has 0 amide bonds. The standard InChI is InChI=1S/C31H28F4N8/c1-29(2)9-3-4-25(29)40-27-20(15-37)16-38-26-19(14-36)12-22(13-23(26)27)39-28(18-5-7-21(32)8-6-18)24-17-43(42-41-24)30(10-11-30)31(33,34)35/h5-8,12-13,16-17,25,28,39H,3-4,9-11H2,1-2H3,(H,38,40)/t25?,28-/m0/s1/i28D. The number of aromatic nitrogens is 4. The van der Waals surface area contributed by atoms with Gasteiger partial charge in [-0.3, -0.25) is 4.98 Å². The fourth-order valence-corrected chi connectivity index (χ4v) is 5.86. The van der Waals surface area contributed by atoms with Gasteiger partial charge in [-0.05, 0) is 60.9 Å². The van der Waals surface area contributed by atoms with Crippen molar-refractivity contribution in [1.29, 1.82) is 10.5 Å². The number of hydrogen-bond donors (Lipinski definition) is 2. The van der Waals surface area contributed by atoms with Crippen LogP contribution in [0.4, 0.5) is 28.9 Å². The van der Waals surface area contributed by atoms with Crippen LogP contribution < -0.4 is 10.6 Å². The van der Waals surface area contributed by atoms with Gasteiger partial charge in [-0.1, -0.05) is 37.6 Å². The van der Waals surface area contributed by atoms with E-state index in [-0.39, 0.29) is 52.4 Å². The molecule has 2 heterocycles. The van der Waals surface area contributed by atoms with Gasteiger partial charge in [0.15, 0.2) is 5.54 Å². The summed E-state index contributed by atoms with van der Waals surface area (Å²) >= 11 is 0. The van der Waals surface area contributed by atoms with Gasteiger partial charge in [-0.25, -0.2) is 9.07 Å². The van der Waals surface area contributed by atoms with Crippen LogP contribution in [-0.4, -0.2) is 32.2 Å². The monoisotopic (exact) mass is 589 g/mol. The topological polar surface area (TPSA) is 115 Å². The maximum absolute atomic E-state index is 13.9. The third-order valence-corrected chi connectivity index (χ3v) is 8.63. The van der Waals surface area contributed by atoms with Gasteiger partial charge in [-0.15, -0.1) is 5.10 Å². The molecule has 2 aliphatic rings. The number of fused-ring (bicyclic) bond motifs is 1. The molecule has 4 aromatic rings. The van der Waals surface area contributed by atoms with Gasteiger partial charge < -0.3 is 10.6 Å². The van der Waals surface area contributed by atoms with Crippen molar-refractivity contribution in [3.05, 3.63) is 77.0 Å². The summed E-state index contributed by atoms with van der Waals surface area (Å²) in [4.78, 5) is 4.38. The van der Waals surface area contributed by atoms with Gasteiger partial charge in [0.2, 0.25) is 0 Å². The lowest BCUT2D eigenvalue weighted by molar-refractivity contribution is -0.182. The highest BCUT2D eigenvalue weighted by Gasteiger charge is 2.66. The van der Waals surface area contributed by atoms with E-state index in [1.54, 1.807) is 6.07 Å². The largest absolute Gasteiger partial charge is 0.413 e. The van der Waals surface area contributed by atoms with Crippen molar-refractivity contribution < 1.29 is 18.9 Å². The van der Waals surface area contributed by atoms with E-state index in [0.29, 0.717) is 16.6 Å². The maximum atomic E-state index is 13.9. The summed E-state index contributed by atoms with van der Waals surface area (Å²) in [7, 11) is 0. The van der Waals surface area contributed by atoms with E-state index < -0.39 is 23.6 Å². The lowest BCUT2D eigenvalue weighted by atomic mass is 9.87. The summed E-state index contributed by atoms with van der Waals surface area (Å²) in [5, 5.41) is 34.8. The molecule has 2 fully saturated rings. The molecular formula is C31H28F4N8. The van der Waals surface area contributed by atoms with Gasteiger partial charge in [0.25, 0.3) is 0 Å². The molecule has 0 saturated heterocycles. The fourth-order valence-electron chi connectivity index (χ4n) is 5.86. The van der Waals surface area contributed by atoms with Gasteiger partial charge in [0, 0.05) is 23.3 Å². The minimum Gasteiger partial charge on any atom is -0.380 e. The van der Waals surface area contributed by atoms with E-state index in [0.717, 1.165) is 42.3 Å². The molecule has 43 heavy (non-hydrogen) atoms. The Labute approximate surface area is 246 Å². The number of hydrogen-bond acceptors (Lipinski definition) is 7. The first-order chi connectivity index (χ1) is 20.8. The summed E-state index contributed by atoms with van der Waals surface area (Å²) < 4.78 is 65.8. The van der Waals surface area contributed by atoms with Crippen LogP contribution in [0.5, 0.6) is 0 Å². The number of rotatable bonds is 7. The second kappa shape index (κ2) is 10.2. The average molecular weight is 590 g/mol. The SMILES string of the molecule is [2H][C@](Nc1cc(C#N)c2ncc(C#N)c(NC3CCCC3(C)C)c2c1)(c1ccc(F)cc1)c1cn(C2(C(F)(F)F)CC2)nn1. The highest BCUT2D eigenvalue weighted by molar-refractivity contribution is 5.99. The molecule has 0 bridgehead atoms. The summed E-state index contributed by atoms with van der Waals surface area (Å²) in [6.07, 6.45) is 0.525. The number of nitrogens with one attached hydrogen (secondary N) is 2. The molecular weight excluding hydrogens is 560 g/mol. The van der Waals surface area contributed by atoms with Crippen molar-refractivity contribution in [2.75, 3.05) is 10.6 Å². The maximum Gasteiger partial charge on any atom is 0.413 e. The molecule has 1 unspecified atom stereocenters. The number of benzene rings is 2. The second-order valence-electron chi connectivity index (χ2n) is 11.9. The van der Waals surface area contributed by atoms with Crippen LogP contribution in [0.3, 0.4) is 0 Å². The molecule has 8 nitrogen and oxygen atoms in total. The van der Waals surface area contributed by atoms with Crippen LogP contribution in [-0.2, 0) is 5.54 Å². The minimum atomic E-state index is -4.56. The van der Waals surface area contributed by atoms with Crippen LogP contribution in [0, 0.1) is 33.9 Å². The third kappa shape index (κ3) is 5.01. The second-order valence-corrected chi connectivity index (χ2v) is 11.9.